The summed E-state index contributed by atoms with van der Waals surface area (Å²) in [5.74, 6) is -1.38. The molecular weight excluding hydrogens is 434 g/mol. The van der Waals surface area contributed by atoms with Crippen molar-refractivity contribution in [1.82, 2.24) is 9.88 Å². The summed E-state index contributed by atoms with van der Waals surface area (Å²) in [7, 11) is 0. The first-order chi connectivity index (χ1) is 14.0. The summed E-state index contributed by atoms with van der Waals surface area (Å²) < 4.78 is 2.69. The fourth-order valence-electron chi connectivity index (χ4n) is 3.23. The van der Waals surface area contributed by atoms with E-state index in [-0.39, 0.29) is 5.57 Å². The molecule has 0 unspecified atom stereocenters. The molecule has 144 valence electrons. The van der Waals surface area contributed by atoms with Gasteiger partial charge in [-0.15, -0.1) is 0 Å². The molecule has 0 radical (unpaired) electrons. The number of imide groups is 2. The molecule has 4 rings (SSSR count). The van der Waals surface area contributed by atoms with Crippen molar-refractivity contribution in [3.63, 3.8) is 0 Å². The largest absolute Gasteiger partial charge is 0.335 e. The number of nitrogens with one attached hydrogen (secondary N) is 1. The van der Waals surface area contributed by atoms with Crippen molar-refractivity contribution >= 4 is 45.5 Å². The number of halogens is 1. The molecule has 0 aliphatic carbocycles. The van der Waals surface area contributed by atoms with Crippen LogP contribution in [0.1, 0.15) is 11.3 Å². The zero-order valence-electron chi connectivity index (χ0n) is 15.4. The molecule has 1 saturated heterocycles. The SMILES string of the molecule is Cc1cc(Br)ccc1N1C(=O)NC(=O)/C(=C\c2cccn2-c2ccccc2)C1=O. The van der Waals surface area contributed by atoms with Gasteiger partial charge < -0.3 is 4.57 Å². The molecule has 7 heteroatoms. The van der Waals surface area contributed by atoms with Crippen LogP contribution in [0.15, 0.2) is 76.9 Å². The molecule has 4 amide bonds. The lowest BCUT2D eigenvalue weighted by Gasteiger charge is -2.27. The number of rotatable bonds is 3. The molecule has 1 aliphatic rings. The van der Waals surface area contributed by atoms with Crippen LogP contribution < -0.4 is 10.2 Å². The number of para-hydroxylation sites is 1. The summed E-state index contributed by atoms with van der Waals surface area (Å²) in [6.45, 7) is 1.79. The van der Waals surface area contributed by atoms with Crippen molar-refractivity contribution in [2.75, 3.05) is 4.90 Å². The first-order valence-corrected chi connectivity index (χ1v) is 9.65. The van der Waals surface area contributed by atoms with E-state index in [0.717, 1.165) is 20.6 Å². The summed E-state index contributed by atoms with van der Waals surface area (Å²) >= 11 is 3.37. The molecule has 2 heterocycles. The number of aromatic nitrogens is 1. The number of nitrogens with zero attached hydrogens (tertiary/aromatic N) is 2. The van der Waals surface area contributed by atoms with Gasteiger partial charge in [-0.25, -0.2) is 9.69 Å². The average molecular weight is 450 g/mol. The maximum Gasteiger partial charge on any atom is 0.335 e. The molecule has 0 spiro atoms. The van der Waals surface area contributed by atoms with Gasteiger partial charge in [0.15, 0.2) is 0 Å². The van der Waals surface area contributed by atoms with E-state index in [2.05, 4.69) is 21.2 Å². The van der Waals surface area contributed by atoms with Crippen LogP contribution in [0.25, 0.3) is 11.8 Å². The van der Waals surface area contributed by atoms with Crippen LogP contribution in [0.4, 0.5) is 10.5 Å². The van der Waals surface area contributed by atoms with E-state index < -0.39 is 17.8 Å². The van der Waals surface area contributed by atoms with E-state index in [0.29, 0.717) is 11.4 Å². The number of benzene rings is 2. The molecule has 0 saturated carbocycles. The van der Waals surface area contributed by atoms with Crippen LogP contribution >= 0.6 is 15.9 Å². The number of urea groups is 1. The number of anilines is 1. The van der Waals surface area contributed by atoms with E-state index in [1.54, 1.807) is 31.2 Å². The second kappa shape index (κ2) is 7.52. The van der Waals surface area contributed by atoms with Crippen LogP contribution in [0.5, 0.6) is 0 Å². The highest BCUT2D eigenvalue weighted by molar-refractivity contribution is 9.10. The van der Waals surface area contributed by atoms with Crippen LogP contribution in [-0.2, 0) is 9.59 Å². The van der Waals surface area contributed by atoms with Crippen LogP contribution in [-0.4, -0.2) is 22.4 Å². The highest BCUT2D eigenvalue weighted by atomic mass is 79.9. The van der Waals surface area contributed by atoms with Crippen molar-refractivity contribution in [2.24, 2.45) is 0 Å². The minimum atomic E-state index is -0.763. The van der Waals surface area contributed by atoms with Crippen molar-refractivity contribution in [1.29, 1.82) is 0 Å². The fraction of sp³-hybridized carbons (Fsp3) is 0.0455. The third kappa shape index (κ3) is 3.52. The Morgan fingerprint density at radius 3 is 2.45 bits per heavy atom. The second-order valence-electron chi connectivity index (χ2n) is 6.53. The van der Waals surface area contributed by atoms with Gasteiger partial charge in [0.05, 0.1) is 5.69 Å². The van der Waals surface area contributed by atoms with E-state index in [9.17, 15) is 14.4 Å². The molecular formula is C22H16BrN3O3. The lowest BCUT2D eigenvalue weighted by Crippen LogP contribution is -2.54. The molecule has 1 N–H and O–H groups in total. The van der Waals surface area contributed by atoms with Crippen LogP contribution in [0.3, 0.4) is 0 Å². The van der Waals surface area contributed by atoms with E-state index in [1.165, 1.54) is 6.08 Å². The molecule has 0 bridgehead atoms. The van der Waals surface area contributed by atoms with Gasteiger partial charge >= 0.3 is 6.03 Å². The molecule has 1 aromatic heterocycles. The minimum absolute atomic E-state index is 0.109. The normalized spacial score (nSPS) is 15.7. The fourth-order valence-corrected chi connectivity index (χ4v) is 3.70. The number of hydrogen-bond donors (Lipinski definition) is 1. The standard InChI is InChI=1S/C22H16BrN3O3/c1-14-12-15(23)9-10-19(14)26-21(28)18(20(27)24-22(26)29)13-17-8-5-11-25(17)16-6-3-2-4-7-16/h2-13H,1H3,(H,24,27,29)/b18-13+. The van der Waals surface area contributed by atoms with Crippen molar-refractivity contribution in [3.05, 3.63) is 88.2 Å². The van der Waals surface area contributed by atoms with Gasteiger partial charge in [-0.2, -0.15) is 0 Å². The Morgan fingerprint density at radius 1 is 0.966 bits per heavy atom. The second-order valence-corrected chi connectivity index (χ2v) is 7.44. The summed E-state index contributed by atoms with van der Waals surface area (Å²) in [4.78, 5) is 39.0. The molecule has 3 aromatic rings. The van der Waals surface area contributed by atoms with E-state index in [4.69, 9.17) is 0 Å². The van der Waals surface area contributed by atoms with Crippen LogP contribution in [0.2, 0.25) is 0 Å². The van der Waals surface area contributed by atoms with Gasteiger partial charge in [-0.3, -0.25) is 14.9 Å². The molecule has 1 fully saturated rings. The van der Waals surface area contributed by atoms with Crippen molar-refractivity contribution in [3.8, 4) is 5.69 Å². The summed E-state index contributed by atoms with van der Waals surface area (Å²) in [6.07, 6.45) is 3.34. The first kappa shape index (κ1) is 18.9. The zero-order valence-corrected chi connectivity index (χ0v) is 17.0. The van der Waals surface area contributed by atoms with Crippen molar-refractivity contribution in [2.45, 2.75) is 6.92 Å². The van der Waals surface area contributed by atoms with Crippen molar-refractivity contribution < 1.29 is 14.4 Å². The smallest absolute Gasteiger partial charge is 0.317 e. The maximum atomic E-state index is 13.1. The minimum Gasteiger partial charge on any atom is -0.317 e. The quantitative estimate of drug-likeness (QED) is 0.480. The summed E-state index contributed by atoms with van der Waals surface area (Å²) in [5, 5.41) is 2.26. The number of amides is 4. The number of hydrogen-bond acceptors (Lipinski definition) is 3. The van der Waals surface area contributed by atoms with Gasteiger partial charge in [-0.05, 0) is 61.0 Å². The van der Waals surface area contributed by atoms with Gasteiger partial charge in [0.1, 0.15) is 5.57 Å². The summed E-state index contributed by atoms with van der Waals surface area (Å²) in [6, 6.07) is 17.6. The number of carbonyl (C=O) groups excluding carboxylic acids is 3. The lowest BCUT2D eigenvalue weighted by atomic mass is 10.1. The molecule has 2 aromatic carbocycles. The Bertz CT molecular complexity index is 1170. The monoisotopic (exact) mass is 449 g/mol. The Kier molecular flexibility index (Phi) is 4.90. The Hall–Kier alpha value is -3.45. The predicted molar refractivity (Wildman–Crippen MR) is 114 cm³/mol. The average Bonchev–Trinajstić information content (AvgIpc) is 3.15. The highest BCUT2D eigenvalue weighted by Crippen LogP contribution is 2.28. The van der Waals surface area contributed by atoms with Gasteiger partial charge in [0.2, 0.25) is 0 Å². The van der Waals surface area contributed by atoms with Crippen LogP contribution in [0, 0.1) is 6.92 Å². The van der Waals surface area contributed by atoms with Gasteiger partial charge in [-0.1, -0.05) is 34.1 Å². The number of barbiturate groups is 1. The number of carbonyl (C=O) groups is 3. The molecule has 6 nitrogen and oxygen atoms in total. The molecule has 1 aliphatic heterocycles. The molecule has 29 heavy (non-hydrogen) atoms. The predicted octanol–water partition coefficient (Wildman–Crippen LogP) is 4.21. The highest BCUT2D eigenvalue weighted by Gasteiger charge is 2.37. The lowest BCUT2D eigenvalue weighted by molar-refractivity contribution is -0.122. The zero-order chi connectivity index (χ0) is 20.5. The Balaban J connectivity index is 1.77. The van der Waals surface area contributed by atoms with Gasteiger partial charge in [0, 0.05) is 22.1 Å². The third-order valence-electron chi connectivity index (χ3n) is 4.61. The van der Waals surface area contributed by atoms with E-state index >= 15 is 0 Å². The Labute approximate surface area is 175 Å². The number of aryl methyl sites for hydroxylation is 1. The Morgan fingerprint density at radius 2 is 1.72 bits per heavy atom. The third-order valence-corrected chi connectivity index (χ3v) is 5.10. The molecule has 0 atom stereocenters. The van der Waals surface area contributed by atoms with E-state index in [1.807, 2.05) is 47.2 Å². The first-order valence-electron chi connectivity index (χ1n) is 8.86. The topological polar surface area (TPSA) is 71.4 Å². The maximum absolute atomic E-state index is 13.1. The van der Waals surface area contributed by atoms with Gasteiger partial charge in [0.25, 0.3) is 11.8 Å². The summed E-state index contributed by atoms with van der Waals surface area (Å²) in [5.41, 5.74) is 2.58.